The van der Waals surface area contributed by atoms with E-state index in [0.29, 0.717) is 23.5 Å². The molecule has 0 fully saturated rings. The van der Waals surface area contributed by atoms with Gasteiger partial charge in [0, 0.05) is 11.1 Å². The summed E-state index contributed by atoms with van der Waals surface area (Å²) in [6.45, 7) is 3.97. The highest BCUT2D eigenvalue weighted by Crippen LogP contribution is 2.34. The first-order chi connectivity index (χ1) is 11.9. The number of sulfone groups is 1. The van der Waals surface area contributed by atoms with E-state index in [0.717, 1.165) is 16.8 Å². The monoisotopic (exact) mass is 355 g/mol. The lowest BCUT2D eigenvalue weighted by Gasteiger charge is -2.14. The molecule has 0 unspecified atom stereocenters. The Kier molecular flexibility index (Phi) is 4.72. The smallest absolute Gasteiger partial charge is 0.180 e. The van der Waals surface area contributed by atoms with Crippen LogP contribution in [-0.4, -0.2) is 32.3 Å². The maximum absolute atomic E-state index is 12.8. The summed E-state index contributed by atoms with van der Waals surface area (Å²) in [6.07, 6.45) is 0.546. The van der Waals surface area contributed by atoms with Crippen molar-refractivity contribution in [2.45, 2.75) is 25.2 Å². The largest absolute Gasteiger partial charge is 0.386 e. The quantitative estimate of drug-likeness (QED) is 0.915. The van der Waals surface area contributed by atoms with Gasteiger partial charge in [0.15, 0.2) is 9.84 Å². The Morgan fingerprint density at radius 1 is 1.16 bits per heavy atom. The van der Waals surface area contributed by atoms with Crippen molar-refractivity contribution in [3.8, 4) is 0 Å². The average Bonchev–Trinajstić information content (AvgIpc) is 2.73. The van der Waals surface area contributed by atoms with Crippen LogP contribution in [0.2, 0.25) is 0 Å². The average molecular weight is 355 g/mol. The highest BCUT2D eigenvalue weighted by atomic mass is 32.2. The molecule has 0 saturated carbocycles. The van der Waals surface area contributed by atoms with Crippen molar-refractivity contribution in [2.24, 2.45) is 15.7 Å². The minimum atomic E-state index is -3.44. The number of aryl methyl sites for hydroxylation is 1. The SMILES string of the molecule is CCCS(=O)(=O)c1cc(C)cc2c1N=C(N)CN=C2c1ccccc1. The van der Waals surface area contributed by atoms with E-state index >= 15 is 0 Å². The molecular formula is C19H21N3O2S. The second-order valence-electron chi connectivity index (χ2n) is 6.11. The Labute approximate surface area is 148 Å². The molecule has 5 nitrogen and oxygen atoms in total. The lowest BCUT2D eigenvalue weighted by molar-refractivity contribution is 0.595. The Morgan fingerprint density at radius 3 is 2.56 bits per heavy atom. The Hall–Kier alpha value is -2.47. The van der Waals surface area contributed by atoms with E-state index in [4.69, 9.17) is 5.73 Å². The molecule has 0 saturated heterocycles. The van der Waals surface area contributed by atoms with E-state index in [1.165, 1.54) is 0 Å². The molecule has 25 heavy (non-hydrogen) atoms. The van der Waals surface area contributed by atoms with Gasteiger partial charge in [0.05, 0.1) is 28.6 Å². The number of rotatable bonds is 4. The maximum atomic E-state index is 12.8. The number of amidine groups is 1. The van der Waals surface area contributed by atoms with Gasteiger partial charge in [0.25, 0.3) is 0 Å². The van der Waals surface area contributed by atoms with Crippen LogP contribution < -0.4 is 5.73 Å². The van der Waals surface area contributed by atoms with Gasteiger partial charge in [-0.05, 0) is 31.0 Å². The van der Waals surface area contributed by atoms with Crippen LogP contribution in [0.15, 0.2) is 57.3 Å². The van der Waals surface area contributed by atoms with Gasteiger partial charge in [0.2, 0.25) is 0 Å². The van der Waals surface area contributed by atoms with Gasteiger partial charge in [-0.3, -0.25) is 4.99 Å². The summed E-state index contributed by atoms with van der Waals surface area (Å²) in [5.41, 5.74) is 9.56. The van der Waals surface area contributed by atoms with Crippen LogP contribution in [0.25, 0.3) is 0 Å². The third-order valence-electron chi connectivity index (χ3n) is 3.98. The molecular weight excluding hydrogens is 334 g/mol. The third-order valence-corrected chi connectivity index (χ3v) is 5.91. The lowest BCUT2D eigenvalue weighted by atomic mass is 9.99. The summed E-state index contributed by atoms with van der Waals surface area (Å²) < 4.78 is 25.5. The number of hydrogen-bond donors (Lipinski definition) is 1. The predicted molar refractivity (Wildman–Crippen MR) is 102 cm³/mol. The molecule has 0 radical (unpaired) electrons. The number of nitrogens with two attached hydrogens (primary N) is 1. The van der Waals surface area contributed by atoms with E-state index in [1.807, 2.05) is 50.2 Å². The predicted octanol–water partition coefficient (Wildman–Crippen LogP) is 3.02. The zero-order valence-corrected chi connectivity index (χ0v) is 15.2. The summed E-state index contributed by atoms with van der Waals surface area (Å²) in [5, 5.41) is 0. The highest BCUT2D eigenvalue weighted by molar-refractivity contribution is 7.91. The molecule has 2 aromatic carbocycles. The normalized spacial score (nSPS) is 14.3. The van der Waals surface area contributed by atoms with Gasteiger partial charge < -0.3 is 5.73 Å². The third kappa shape index (κ3) is 3.49. The second kappa shape index (κ2) is 6.80. The summed E-state index contributed by atoms with van der Waals surface area (Å²) in [5.74, 6) is 0.389. The summed E-state index contributed by atoms with van der Waals surface area (Å²) in [6, 6.07) is 13.3. The molecule has 2 aromatic rings. The van der Waals surface area contributed by atoms with Crippen molar-refractivity contribution in [2.75, 3.05) is 12.3 Å². The van der Waals surface area contributed by atoms with Crippen LogP contribution in [0.5, 0.6) is 0 Å². The number of hydrogen-bond acceptors (Lipinski definition) is 5. The zero-order valence-electron chi connectivity index (χ0n) is 14.4. The first-order valence-corrected chi connectivity index (χ1v) is 9.88. The van der Waals surface area contributed by atoms with E-state index in [2.05, 4.69) is 9.98 Å². The van der Waals surface area contributed by atoms with E-state index in [-0.39, 0.29) is 17.2 Å². The summed E-state index contributed by atoms with van der Waals surface area (Å²) in [7, 11) is -3.44. The molecule has 130 valence electrons. The van der Waals surface area contributed by atoms with Crippen molar-refractivity contribution >= 4 is 27.1 Å². The standard InChI is InChI=1S/C19H21N3O2S/c1-3-9-25(23,24)16-11-13(2)10-15-18(14-7-5-4-6-8-14)21-12-17(20)22-19(15)16/h4-8,10-11H,3,9,12H2,1-2H3,(H2,20,22). The van der Waals surface area contributed by atoms with Crippen molar-refractivity contribution in [1.29, 1.82) is 0 Å². The van der Waals surface area contributed by atoms with Gasteiger partial charge in [-0.15, -0.1) is 0 Å². The van der Waals surface area contributed by atoms with E-state index in [9.17, 15) is 8.42 Å². The van der Waals surface area contributed by atoms with Crippen LogP contribution in [0.3, 0.4) is 0 Å². The first kappa shape index (κ1) is 17.4. The topological polar surface area (TPSA) is 84.9 Å². The maximum Gasteiger partial charge on any atom is 0.180 e. The number of benzene rings is 2. The molecule has 2 N–H and O–H groups in total. The minimum Gasteiger partial charge on any atom is -0.386 e. The second-order valence-corrected chi connectivity index (χ2v) is 8.19. The summed E-state index contributed by atoms with van der Waals surface area (Å²) >= 11 is 0. The number of aliphatic imine (C=N–C) groups is 2. The van der Waals surface area contributed by atoms with Gasteiger partial charge in [0.1, 0.15) is 5.84 Å². The minimum absolute atomic E-state index is 0.0795. The Balaban J connectivity index is 2.31. The first-order valence-electron chi connectivity index (χ1n) is 8.23. The fourth-order valence-electron chi connectivity index (χ4n) is 2.92. The molecule has 1 aliphatic heterocycles. The van der Waals surface area contributed by atoms with Gasteiger partial charge in [-0.2, -0.15) is 0 Å². The molecule has 0 bridgehead atoms. The van der Waals surface area contributed by atoms with Crippen LogP contribution in [0, 0.1) is 6.92 Å². The molecule has 1 heterocycles. The molecule has 3 rings (SSSR count). The van der Waals surface area contributed by atoms with Crippen LogP contribution >= 0.6 is 0 Å². The molecule has 0 atom stereocenters. The highest BCUT2D eigenvalue weighted by Gasteiger charge is 2.25. The summed E-state index contributed by atoms with van der Waals surface area (Å²) in [4.78, 5) is 9.23. The Bertz CT molecular complexity index is 962. The van der Waals surface area contributed by atoms with Crippen LogP contribution in [0.1, 0.15) is 30.0 Å². The molecule has 0 aliphatic carbocycles. The van der Waals surface area contributed by atoms with Crippen molar-refractivity contribution < 1.29 is 8.42 Å². The molecule has 0 aromatic heterocycles. The fourth-order valence-corrected chi connectivity index (χ4v) is 4.50. The molecule has 1 aliphatic rings. The molecule has 0 spiro atoms. The fraction of sp³-hybridized carbons (Fsp3) is 0.263. The van der Waals surface area contributed by atoms with Crippen LogP contribution in [-0.2, 0) is 9.84 Å². The van der Waals surface area contributed by atoms with Gasteiger partial charge >= 0.3 is 0 Å². The number of nitrogens with zero attached hydrogens (tertiary/aromatic N) is 2. The van der Waals surface area contributed by atoms with Crippen molar-refractivity contribution in [3.63, 3.8) is 0 Å². The molecule has 0 amide bonds. The number of fused-ring (bicyclic) bond motifs is 1. The van der Waals surface area contributed by atoms with Gasteiger partial charge in [-0.25, -0.2) is 13.4 Å². The van der Waals surface area contributed by atoms with Crippen LogP contribution in [0.4, 0.5) is 5.69 Å². The van der Waals surface area contributed by atoms with Crippen molar-refractivity contribution in [1.82, 2.24) is 0 Å². The van der Waals surface area contributed by atoms with E-state index < -0.39 is 9.84 Å². The van der Waals surface area contributed by atoms with Gasteiger partial charge in [-0.1, -0.05) is 37.3 Å². The van der Waals surface area contributed by atoms with E-state index in [1.54, 1.807) is 6.07 Å². The zero-order chi connectivity index (χ0) is 18.0. The molecule has 6 heteroatoms. The van der Waals surface area contributed by atoms with Crippen molar-refractivity contribution in [3.05, 3.63) is 59.2 Å². The Morgan fingerprint density at radius 2 is 1.88 bits per heavy atom. The lowest BCUT2D eigenvalue weighted by Crippen LogP contribution is -2.15.